The molecule has 1 N–H and O–H groups in total. The summed E-state index contributed by atoms with van der Waals surface area (Å²) in [5.74, 6) is 1.15. The predicted octanol–water partition coefficient (Wildman–Crippen LogP) is 2.84. The molecule has 0 spiro atoms. The minimum absolute atomic E-state index is 0.983. The first-order valence-electron chi connectivity index (χ1n) is 6.29. The van der Waals surface area contributed by atoms with Gasteiger partial charge in [-0.1, -0.05) is 19.1 Å². The van der Waals surface area contributed by atoms with E-state index in [1.807, 2.05) is 11.8 Å². The largest absolute Gasteiger partial charge is 0.313 e. The highest BCUT2D eigenvalue weighted by Crippen LogP contribution is 2.18. The van der Waals surface area contributed by atoms with E-state index in [0.29, 0.717) is 0 Å². The Morgan fingerprint density at radius 1 is 1.18 bits per heavy atom. The van der Waals surface area contributed by atoms with E-state index in [-0.39, 0.29) is 0 Å². The summed E-state index contributed by atoms with van der Waals surface area (Å²) in [5.41, 5.74) is 1.37. The Morgan fingerprint density at radius 3 is 2.47 bits per heavy atom. The van der Waals surface area contributed by atoms with Gasteiger partial charge in [0, 0.05) is 23.7 Å². The molecule has 0 amide bonds. The lowest BCUT2D eigenvalue weighted by atomic mass is 10.2. The van der Waals surface area contributed by atoms with Crippen LogP contribution in [0.5, 0.6) is 0 Å². The first kappa shape index (κ1) is 14.6. The molecule has 0 saturated heterocycles. The van der Waals surface area contributed by atoms with Crippen LogP contribution in [0.1, 0.15) is 18.9 Å². The molecule has 96 valence electrons. The molecule has 0 radical (unpaired) electrons. The Balaban J connectivity index is 2.29. The molecule has 0 aliphatic heterocycles. The lowest BCUT2D eigenvalue weighted by Gasteiger charge is -2.09. The number of nitrogens with one attached hydrogen (secondary N) is 1. The first-order valence-corrected chi connectivity index (χ1v) is 7.28. The maximum Gasteiger partial charge on any atom is 0.0205 e. The van der Waals surface area contributed by atoms with Crippen LogP contribution >= 0.6 is 11.8 Å². The molecule has 0 saturated carbocycles. The molecule has 3 heteroatoms. The lowest BCUT2D eigenvalue weighted by molar-refractivity contribution is 0.437. The summed E-state index contributed by atoms with van der Waals surface area (Å²) in [7, 11) is 4.23. The molecule has 17 heavy (non-hydrogen) atoms. The topological polar surface area (TPSA) is 15.3 Å². The van der Waals surface area contributed by atoms with E-state index >= 15 is 0 Å². The highest BCUT2D eigenvalue weighted by Gasteiger charge is 1.96. The van der Waals surface area contributed by atoms with E-state index < -0.39 is 0 Å². The van der Waals surface area contributed by atoms with Gasteiger partial charge in [0.05, 0.1) is 0 Å². The second-order valence-electron chi connectivity index (χ2n) is 4.47. The summed E-state index contributed by atoms with van der Waals surface area (Å²) >= 11 is 1.92. The van der Waals surface area contributed by atoms with Gasteiger partial charge in [-0.25, -0.2) is 0 Å². The Labute approximate surface area is 110 Å². The second kappa shape index (κ2) is 8.56. The van der Waals surface area contributed by atoms with Crippen LogP contribution in [-0.4, -0.2) is 37.8 Å². The molecule has 0 bridgehead atoms. The van der Waals surface area contributed by atoms with Gasteiger partial charge in [-0.15, -0.1) is 11.8 Å². The minimum atomic E-state index is 0.983. The van der Waals surface area contributed by atoms with Gasteiger partial charge in [0.25, 0.3) is 0 Å². The number of thioether (sulfide) groups is 1. The van der Waals surface area contributed by atoms with E-state index in [1.165, 1.54) is 16.9 Å². The van der Waals surface area contributed by atoms with Crippen molar-refractivity contribution < 1.29 is 0 Å². The zero-order valence-corrected chi connectivity index (χ0v) is 12.0. The molecule has 1 aromatic carbocycles. The number of nitrogens with zero attached hydrogens (tertiary/aromatic N) is 1. The van der Waals surface area contributed by atoms with Crippen LogP contribution in [0.25, 0.3) is 0 Å². The quantitative estimate of drug-likeness (QED) is 0.566. The summed E-state index contributed by atoms with van der Waals surface area (Å²) in [6.07, 6.45) is 1.19. The Morgan fingerprint density at radius 2 is 1.88 bits per heavy atom. The number of benzene rings is 1. The molecule has 0 aliphatic rings. The van der Waals surface area contributed by atoms with Gasteiger partial charge in [-0.3, -0.25) is 0 Å². The smallest absolute Gasteiger partial charge is 0.0205 e. The summed E-state index contributed by atoms with van der Waals surface area (Å²) in [5, 5.41) is 3.42. The van der Waals surface area contributed by atoms with Gasteiger partial charge in [-0.05, 0) is 44.8 Å². The van der Waals surface area contributed by atoms with Crippen molar-refractivity contribution in [3.63, 3.8) is 0 Å². The van der Waals surface area contributed by atoms with Crippen molar-refractivity contribution in [2.75, 3.05) is 32.9 Å². The molecule has 0 atom stereocenters. The van der Waals surface area contributed by atoms with Crippen LogP contribution in [0.3, 0.4) is 0 Å². The molecule has 2 nitrogen and oxygen atoms in total. The minimum Gasteiger partial charge on any atom is -0.313 e. The summed E-state index contributed by atoms with van der Waals surface area (Å²) < 4.78 is 0. The van der Waals surface area contributed by atoms with Crippen LogP contribution in [0.15, 0.2) is 29.2 Å². The molecular formula is C14H24N2S. The van der Waals surface area contributed by atoms with Crippen LogP contribution in [0.2, 0.25) is 0 Å². The van der Waals surface area contributed by atoms with E-state index in [1.54, 1.807) is 0 Å². The van der Waals surface area contributed by atoms with Crippen LogP contribution in [0.4, 0.5) is 0 Å². The third-order valence-electron chi connectivity index (χ3n) is 2.49. The first-order chi connectivity index (χ1) is 8.22. The highest BCUT2D eigenvalue weighted by molar-refractivity contribution is 7.99. The van der Waals surface area contributed by atoms with Crippen molar-refractivity contribution in [3.05, 3.63) is 29.8 Å². The number of hydrogen-bond acceptors (Lipinski definition) is 3. The Bertz CT molecular complexity index is 296. The van der Waals surface area contributed by atoms with Crippen LogP contribution in [0, 0.1) is 0 Å². The average molecular weight is 252 g/mol. The number of hydrogen-bond donors (Lipinski definition) is 1. The van der Waals surface area contributed by atoms with Gasteiger partial charge in [0.1, 0.15) is 0 Å². The van der Waals surface area contributed by atoms with Gasteiger partial charge in [0.2, 0.25) is 0 Å². The molecule has 0 heterocycles. The monoisotopic (exact) mass is 252 g/mol. The van der Waals surface area contributed by atoms with Crippen LogP contribution in [-0.2, 0) is 6.54 Å². The molecule has 1 rings (SSSR count). The van der Waals surface area contributed by atoms with Crippen molar-refractivity contribution in [3.8, 4) is 0 Å². The molecule has 1 aromatic rings. The normalized spacial score (nSPS) is 11.1. The van der Waals surface area contributed by atoms with Gasteiger partial charge < -0.3 is 10.2 Å². The molecule has 0 aliphatic carbocycles. The second-order valence-corrected chi connectivity index (χ2v) is 5.64. The van der Waals surface area contributed by atoms with Gasteiger partial charge in [-0.2, -0.15) is 0 Å². The average Bonchev–Trinajstić information content (AvgIpc) is 2.31. The van der Waals surface area contributed by atoms with E-state index in [4.69, 9.17) is 0 Å². The number of rotatable bonds is 8. The fourth-order valence-electron chi connectivity index (χ4n) is 1.46. The van der Waals surface area contributed by atoms with E-state index in [0.717, 1.165) is 25.4 Å². The standard InChI is InChI=1S/C14H24N2S/c1-4-9-15-12-13-5-7-14(8-6-13)17-11-10-16(2)3/h5-8,15H,4,9-12H2,1-3H3. The van der Waals surface area contributed by atoms with Crippen molar-refractivity contribution >= 4 is 11.8 Å². The van der Waals surface area contributed by atoms with E-state index in [9.17, 15) is 0 Å². The maximum absolute atomic E-state index is 3.42. The zero-order valence-electron chi connectivity index (χ0n) is 11.2. The zero-order chi connectivity index (χ0) is 12.5. The predicted molar refractivity (Wildman–Crippen MR) is 77.7 cm³/mol. The third-order valence-corrected chi connectivity index (χ3v) is 3.48. The Kier molecular flexibility index (Phi) is 7.33. The molecule has 0 unspecified atom stereocenters. The highest BCUT2D eigenvalue weighted by atomic mass is 32.2. The Hall–Kier alpha value is -0.510. The van der Waals surface area contributed by atoms with Gasteiger partial charge in [0.15, 0.2) is 0 Å². The van der Waals surface area contributed by atoms with E-state index in [2.05, 4.69) is 55.5 Å². The summed E-state index contributed by atoms with van der Waals surface area (Å²) in [4.78, 5) is 3.59. The lowest BCUT2D eigenvalue weighted by Crippen LogP contribution is -2.14. The summed E-state index contributed by atoms with van der Waals surface area (Å²) in [6.45, 7) is 5.40. The summed E-state index contributed by atoms with van der Waals surface area (Å²) in [6, 6.07) is 8.90. The van der Waals surface area contributed by atoms with Crippen molar-refractivity contribution in [2.45, 2.75) is 24.8 Å². The third kappa shape index (κ3) is 6.71. The SMILES string of the molecule is CCCNCc1ccc(SCCN(C)C)cc1. The van der Waals surface area contributed by atoms with Crippen molar-refractivity contribution in [2.24, 2.45) is 0 Å². The fraction of sp³-hybridized carbons (Fsp3) is 0.571. The fourth-order valence-corrected chi connectivity index (χ4v) is 2.48. The molecule has 0 fully saturated rings. The molecular weight excluding hydrogens is 228 g/mol. The molecule has 0 aromatic heterocycles. The van der Waals surface area contributed by atoms with Crippen molar-refractivity contribution in [1.29, 1.82) is 0 Å². The van der Waals surface area contributed by atoms with Gasteiger partial charge >= 0.3 is 0 Å². The maximum atomic E-state index is 3.42. The van der Waals surface area contributed by atoms with Crippen LogP contribution < -0.4 is 5.32 Å². The van der Waals surface area contributed by atoms with Crippen molar-refractivity contribution in [1.82, 2.24) is 10.2 Å².